The van der Waals surface area contributed by atoms with Gasteiger partial charge in [-0.05, 0) is 24.1 Å². The van der Waals surface area contributed by atoms with E-state index in [1.165, 1.54) is 12.7 Å². The number of carbonyl (C=O) groups is 2. The monoisotopic (exact) mass is 403 g/mol. The van der Waals surface area contributed by atoms with Gasteiger partial charge in [0, 0.05) is 36.6 Å². The molecule has 6 heteroatoms. The zero-order chi connectivity index (χ0) is 21.0. The Kier molecular flexibility index (Phi) is 4.31. The molecule has 2 aliphatic heterocycles. The van der Waals surface area contributed by atoms with Gasteiger partial charge in [0.25, 0.3) is 0 Å². The van der Waals surface area contributed by atoms with E-state index in [-0.39, 0.29) is 18.0 Å². The summed E-state index contributed by atoms with van der Waals surface area (Å²) in [4.78, 5) is 30.0. The molecule has 3 atom stereocenters. The van der Waals surface area contributed by atoms with Crippen LogP contribution in [0, 0.1) is 0 Å². The van der Waals surface area contributed by atoms with Gasteiger partial charge in [0.05, 0.1) is 19.2 Å². The summed E-state index contributed by atoms with van der Waals surface area (Å²) in [6.45, 7) is 2.56. The summed E-state index contributed by atoms with van der Waals surface area (Å²) in [5.41, 5.74) is 4.47. The standard InChI is InChI=1S/C24H25N3O3/c1-15-21-22-18(17-11-7-8-12-19(17)25(22)2)13-20(27(21)24(29)30-3)23(28)26(15)14-16-9-5-4-6-10-16/h4-12,15,20-21H,13-14H2,1-3H3/t15-,20-,21-/m0/s1. The molecule has 0 aliphatic carbocycles. The van der Waals surface area contributed by atoms with Gasteiger partial charge in [-0.1, -0.05) is 48.5 Å². The third-order valence-electron chi connectivity index (χ3n) is 6.67. The zero-order valence-electron chi connectivity index (χ0n) is 17.4. The quantitative estimate of drug-likeness (QED) is 0.656. The lowest BCUT2D eigenvalue weighted by molar-refractivity contribution is -0.150. The van der Waals surface area contributed by atoms with Crippen molar-refractivity contribution >= 4 is 22.9 Å². The van der Waals surface area contributed by atoms with Crippen LogP contribution < -0.4 is 0 Å². The van der Waals surface area contributed by atoms with Crippen LogP contribution in [-0.4, -0.2) is 45.6 Å². The lowest BCUT2D eigenvalue weighted by Gasteiger charge is -2.52. The summed E-state index contributed by atoms with van der Waals surface area (Å²) < 4.78 is 7.29. The maximum atomic E-state index is 13.6. The number of methoxy groups -OCH3 is 1. The van der Waals surface area contributed by atoms with Crippen LogP contribution in [0.15, 0.2) is 54.6 Å². The van der Waals surface area contributed by atoms with Crippen molar-refractivity contribution in [3.63, 3.8) is 0 Å². The van der Waals surface area contributed by atoms with E-state index in [1.54, 1.807) is 4.90 Å². The van der Waals surface area contributed by atoms with E-state index in [9.17, 15) is 9.59 Å². The Morgan fingerprint density at radius 3 is 2.53 bits per heavy atom. The number of ether oxygens (including phenoxy) is 1. The molecule has 3 heterocycles. The number of aryl methyl sites for hydroxylation is 1. The summed E-state index contributed by atoms with van der Waals surface area (Å²) in [5.74, 6) is -0.0217. The highest BCUT2D eigenvalue weighted by molar-refractivity contribution is 5.93. The van der Waals surface area contributed by atoms with Crippen LogP contribution in [0.25, 0.3) is 10.9 Å². The van der Waals surface area contributed by atoms with Gasteiger partial charge in [-0.25, -0.2) is 4.79 Å². The molecule has 0 spiro atoms. The maximum absolute atomic E-state index is 13.6. The van der Waals surface area contributed by atoms with E-state index >= 15 is 0 Å². The average Bonchev–Trinajstić information content (AvgIpc) is 3.06. The lowest BCUT2D eigenvalue weighted by atomic mass is 9.84. The van der Waals surface area contributed by atoms with Crippen LogP contribution in [-0.2, 0) is 29.5 Å². The second-order valence-electron chi connectivity index (χ2n) is 8.17. The van der Waals surface area contributed by atoms with Gasteiger partial charge in [0.1, 0.15) is 6.04 Å². The highest BCUT2D eigenvalue weighted by Gasteiger charge is 2.53. The van der Waals surface area contributed by atoms with Gasteiger partial charge in [0.2, 0.25) is 5.91 Å². The average molecular weight is 403 g/mol. The normalized spacial score (nSPS) is 22.9. The van der Waals surface area contributed by atoms with Crippen LogP contribution in [0.3, 0.4) is 0 Å². The van der Waals surface area contributed by atoms with Crippen molar-refractivity contribution in [1.82, 2.24) is 14.4 Å². The molecule has 2 bridgehead atoms. The maximum Gasteiger partial charge on any atom is 0.410 e. The molecule has 2 amide bonds. The molecule has 5 rings (SSSR count). The van der Waals surface area contributed by atoms with E-state index in [0.29, 0.717) is 13.0 Å². The highest BCUT2D eigenvalue weighted by Crippen LogP contribution is 2.45. The molecule has 154 valence electrons. The molecular weight excluding hydrogens is 378 g/mol. The molecule has 0 radical (unpaired) electrons. The smallest absolute Gasteiger partial charge is 0.410 e. The first-order chi connectivity index (χ1) is 14.5. The second-order valence-corrected chi connectivity index (χ2v) is 8.17. The number of aromatic nitrogens is 1. The largest absolute Gasteiger partial charge is 0.453 e. The van der Waals surface area contributed by atoms with Gasteiger partial charge < -0.3 is 14.2 Å². The van der Waals surface area contributed by atoms with Crippen molar-refractivity contribution in [2.75, 3.05) is 7.11 Å². The van der Waals surface area contributed by atoms with Crippen molar-refractivity contribution in [2.45, 2.75) is 38.0 Å². The summed E-state index contributed by atoms with van der Waals surface area (Å²) >= 11 is 0. The van der Waals surface area contributed by atoms with Gasteiger partial charge in [-0.15, -0.1) is 0 Å². The first-order valence-corrected chi connectivity index (χ1v) is 10.3. The molecule has 0 N–H and O–H groups in total. The molecule has 30 heavy (non-hydrogen) atoms. The van der Waals surface area contributed by atoms with E-state index in [4.69, 9.17) is 4.74 Å². The SMILES string of the molecule is COC(=O)N1[C@@H]2c3c(c4ccccc4n3C)C[C@H]1C(=O)N(Cc1ccccc1)[C@H]2C. The fraction of sp³-hybridized carbons (Fsp3) is 0.333. The van der Waals surface area contributed by atoms with Crippen LogP contribution in [0.4, 0.5) is 4.79 Å². The van der Waals surface area contributed by atoms with Crippen molar-refractivity contribution < 1.29 is 14.3 Å². The van der Waals surface area contributed by atoms with Gasteiger partial charge in [0.15, 0.2) is 0 Å². The molecule has 0 saturated carbocycles. The van der Waals surface area contributed by atoms with E-state index in [1.807, 2.05) is 61.3 Å². The Labute approximate surface area is 175 Å². The van der Waals surface area contributed by atoms with Crippen molar-refractivity contribution in [2.24, 2.45) is 7.05 Å². The molecule has 1 aromatic heterocycles. The Bertz CT molecular complexity index is 1140. The van der Waals surface area contributed by atoms with Crippen LogP contribution in [0.1, 0.15) is 29.8 Å². The molecule has 1 saturated heterocycles. The molecule has 1 fully saturated rings. The van der Waals surface area contributed by atoms with Gasteiger partial charge in [-0.2, -0.15) is 0 Å². The Balaban J connectivity index is 1.67. The molecular formula is C24H25N3O3. The van der Waals surface area contributed by atoms with Crippen molar-refractivity contribution in [1.29, 1.82) is 0 Å². The minimum Gasteiger partial charge on any atom is -0.453 e. The Hall–Kier alpha value is -3.28. The summed E-state index contributed by atoms with van der Waals surface area (Å²) in [6, 6.07) is 17.3. The van der Waals surface area contributed by atoms with Crippen molar-refractivity contribution in [3.05, 3.63) is 71.4 Å². The number of fused-ring (bicyclic) bond motifs is 6. The number of nitrogens with zero attached hydrogens (tertiary/aromatic N) is 3. The van der Waals surface area contributed by atoms with E-state index in [2.05, 4.69) is 16.7 Å². The first kappa shape index (κ1) is 18.7. The van der Waals surface area contributed by atoms with Crippen LogP contribution in [0.5, 0.6) is 0 Å². The fourth-order valence-corrected chi connectivity index (χ4v) is 5.28. The predicted molar refractivity (Wildman–Crippen MR) is 114 cm³/mol. The molecule has 2 aliphatic rings. The highest BCUT2D eigenvalue weighted by atomic mass is 16.5. The second kappa shape index (κ2) is 6.90. The third kappa shape index (κ3) is 2.56. The number of amides is 2. The van der Waals surface area contributed by atoms with E-state index < -0.39 is 12.1 Å². The minimum atomic E-state index is -0.555. The minimum absolute atomic E-state index is 0.0217. The topological polar surface area (TPSA) is 54.8 Å². The predicted octanol–water partition coefficient (Wildman–Crippen LogP) is 3.64. The molecule has 6 nitrogen and oxygen atoms in total. The van der Waals surface area contributed by atoms with E-state index in [0.717, 1.165) is 22.2 Å². The fourth-order valence-electron chi connectivity index (χ4n) is 5.28. The number of para-hydroxylation sites is 1. The molecule has 0 unspecified atom stereocenters. The van der Waals surface area contributed by atoms with Gasteiger partial charge in [-0.3, -0.25) is 9.69 Å². The van der Waals surface area contributed by atoms with Gasteiger partial charge >= 0.3 is 6.09 Å². The van der Waals surface area contributed by atoms with Crippen LogP contribution >= 0.6 is 0 Å². The summed E-state index contributed by atoms with van der Waals surface area (Å²) in [7, 11) is 3.42. The summed E-state index contributed by atoms with van der Waals surface area (Å²) in [6.07, 6.45) is 0.0551. The molecule has 3 aromatic rings. The first-order valence-electron chi connectivity index (χ1n) is 10.3. The van der Waals surface area contributed by atoms with Crippen molar-refractivity contribution in [3.8, 4) is 0 Å². The van der Waals surface area contributed by atoms with Crippen LogP contribution in [0.2, 0.25) is 0 Å². The number of hydrogen-bond donors (Lipinski definition) is 0. The number of rotatable bonds is 2. The number of benzene rings is 2. The molecule has 2 aromatic carbocycles. The summed E-state index contributed by atoms with van der Waals surface area (Å²) in [5, 5.41) is 1.16. The number of carbonyl (C=O) groups excluding carboxylic acids is 2. The number of hydrogen-bond acceptors (Lipinski definition) is 3. The zero-order valence-corrected chi connectivity index (χ0v) is 17.4. The Morgan fingerprint density at radius 2 is 1.80 bits per heavy atom. The lowest BCUT2D eigenvalue weighted by Crippen LogP contribution is -2.65. The Morgan fingerprint density at radius 1 is 1.10 bits per heavy atom. The third-order valence-corrected chi connectivity index (χ3v) is 6.67. The number of piperazine rings is 1.